The minimum Gasteiger partial charge on any atom is -0.486 e. The molecule has 118 valence electrons. The van der Waals surface area contributed by atoms with Gasteiger partial charge in [-0.2, -0.15) is 0 Å². The Bertz CT molecular complexity index is 463. The van der Waals surface area contributed by atoms with Crippen LogP contribution in [-0.2, 0) is 4.74 Å². The van der Waals surface area contributed by atoms with Crippen molar-refractivity contribution in [2.24, 2.45) is 0 Å². The first-order valence-electron chi connectivity index (χ1n) is 7.03. The Kier molecular flexibility index (Phi) is 7.32. The Morgan fingerprint density at radius 1 is 1.19 bits per heavy atom. The number of halogens is 1. The summed E-state index contributed by atoms with van der Waals surface area (Å²) in [5.41, 5.74) is 0.494. The first kappa shape index (κ1) is 17.6. The standard InChI is InChI=1S/C15H21NO4.ClH/c1-3-16(4-2)7-8-20-15(17)12-5-6-13-14(11-12)19-10-9-18-13;/h5-6,11H,3-4,7-10H2,1-2H3;1H. The number of esters is 1. The number of carbonyl (C=O) groups is 1. The highest BCUT2D eigenvalue weighted by Crippen LogP contribution is 2.30. The number of fused-ring (bicyclic) bond motifs is 1. The molecule has 1 aromatic rings. The highest BCUT2D eigenvalue weighted by molar-refractivity contribution is 5.90. The second-order valence-corrected chi connectivity index (χ2v) is 4.52. The third kappa shape index (κ3) is 4.79. The minimum atomic E-state index is -0.325. The number of benzene rings is 1. The molecule has 0 radical (unpaired) electrons. The molecule has 1 aliphatic rings. The molecular weight excluding hydrogens is 294 g/mol. The van der Waals surface area contributed by atoms with Crippen LogP contribution in [0.25, 0.3) is 0 Å². The summed E-state index contributed by atoms with van der Waals surface area (Å²) in [5, 5.41) is 0. The van der Waals surface area contributed by atoms with Crippen LogP contribution in [0.15, 0.2) is 18.2 Å². The number of hydrogen-bond donors (Lipinski definition) is 0. The fraction of sp³-hybridized carbons (Fsp3) is 0.533. The predicted molar refractivity (Wildman–Crippen MR) is 82.8 cm³/mol. The van der Waals surface area contributed by atoms with Gasteiger partial charge in [-0.3, -0.25) is 0 Å². The fourth-order valence-corrected chi connectivity index (χ4v) is 2.06. The summed E-state index contributed by atoms with van der Waals surface area (Å²) >= 11 is 0. The van der Waals surface area contributed by atoms with E-state index in [0.29, 0.717) is 36.9 Å². The molecule has 1 heterocycles. The molecule has 0 unspecified atom stereocenters. The van der Waals surface area contributed by atoms with Gasteiger partial charge in [0.2, 0.25) is 0 Å². The van der Waals surface area contributed by atoms with Crippen molar-refractivity contribution in [2.45, 2.75) is 13.8 Å². The molecule has 5 nitrogen and oxygen atoms in total. The molecule has 6 heteroatoms. The van der Waals surface area contributed by atoms with Gasteiger partial charge in [-0.05, 0) is 31.3 Å². The van der Waals surface area contributed by atoms with Gasteiger partial charge in [0.1, 0.15) is 19.8 Å². The molecule has 0 N–H and O–H groups in total. The second-order valence-electron chi connectivity index (χ2n) is 4.52. The van der Waals surface area contributed by atoms with Crippen LogP contribution in [0.5, 0.6) is 11.5 Å². The number of ether oxygens (including phenoxy) is 3. The van der Waals surface area contributed by atoms with Crippen LogP contribution in [0, 0.1) is 0 Å². The number of rotatable bonds is 6. The first-order chi connectivity index (χ1) is 9.74. The van der Waals surface area contributed by atoms with Gasteiger partial charge < -0.3 is 19.1 Å². The molecule has 2 rings (SSSR count). The van der Waals surface area contributed by atoms with Crippen LogP contribution in [0.2, 0.25) is 0 Å². The highest BCUT2D eigenvalue weighted by atomic mass is 35.5. The van der Waals surface area contributed by atoms with E-state index in [1.807, 2.05) is 0 Å². The molecule has 0 amide bonds. The molecule has 0 aliphatic carbocycles. The number of nitrogens with zero attached hydrogens (tertiary/aromatic N) is 1. The molecule has 0 bridgehead atoms. The van der Waals surface area contributed by atoms with Crippen molar-refractivity contribution >= 4 is 18.4 Å². The molecule has 1 aliphatic heterocycles. The van der Waals surface area contributed by atoms with Gasteiger partial charge in [-0.1, -0.05) is 13.8 Å². The Morgan fingerprint density at radius 2 is 1.86 bits per heavy atom. The summed E-state index contributed by atoms with van der Waals surface area (Å²) < 4.78 is 16.1. The lowest BCUT2D eigenvalue weighted by Crippen LogP contribution is -2.27. The van der Waals surface area contributed by atoms with E-state index in [0.717, 1.165) is 19.6 Å². The summed E-state index contributed by atoms with van der Waals surface area (Å²) in [4.78, 5) is 14.2. The van der Waals surface area contributed by atoms with Gasteiger partial charge in [0, 0.05) is 6.54 Å². The van der Waals surface area contributed by atoms with Gasteiger partial charge in [0.05, 0.1) is 5.56 Å². The maximum absolute atomic E-state index is 12.0. The minimum absolute atomic E-state index is 0. The summed E-state index contributed by atoms with van der Waals surface area (Å²) in [7, 11) is 0. The maximum Gasteiger partial charge on any atom is 0.338 e. The number of likely N-dealkylation sites (N-methyl/N-ethyl adjacent to an activating group) is 1. The van der Waals surface area contributed by atoms with Crippen molar-refractivity contribution in [2.75, 3.05) is 39.5 Å². The highest BCUT2D eigenvalue weighted by Gasteiger charge is 2.15. The summed E-state index contributed by atoms with van der Waals surface area (Å²) in [5.74, 6) is 0.958. The van der Waals surface area contributed by atoms with E-state index >= 15 is 0 Å². The topological polar surface area (TPSA) is 48.0 Å². The average molecular weight is 316 g/mol. The van der Waals surface area contributed by atoms with E-state index < -0.39 is 0 Å². The molecule has 0 spiro atoms. The Balaban J connectivity index is 0.00000220. The molecule has 0 saturated heterocycles. The van der Waals surface area contributed by atoms with Crippen LogP contribution in [0.4, 0.5) is 0 Å². The summed E-state index contributed by atoms with van der Waals surface area (Å²) in [6, 6.07) is 5.12. The summed E-state index contributed by atoms with van der Waals surface area (Å²) in [6.07, 6.45) is 0. The van der Waals surface area contributed by atoms with Crippen LogP contribution in [0.1, 0.15) is 24.2 Å². The van der Waals surface area contributed by atoms with Gasteiger partial charge in [-0.15, -0.1) is 12.4 Å². The quantitative estimate of drug-likeness (QED) is 0.754. The van der Waals surface area contributed by atoms with Crippen molar-refractivity contribution in [1.82, 2.24) is 4.90 Å². The molecule has 0 aromatic heterocycles. The number of carbonyl (C=O) groups excluding carboxylic acids is 1. The first-order valence-corrected chi connectivity index (χ1v) is 7.03. The van der Waals surface area contributed by atoms with E-state index in [4.69, 9.17) is 14.2 Å². The zero-order chi connectivity index (χ0) is 14.4. The smallest absolute Gasteiger partial charge is 0.338 e. The molecular formula is C15H22ClNO4. The van der Waals surface area contributed by atoms with Crippen molar-refractivity contribution in [3.05, 3.63) is 23.8 Å². The van der Waals surface area contributed by atoms with Crippen LogP contribution < -0.4 is 9.47 Å². The average Bonchev–Trinajstić information content (AvgIpc) is 2.51. The van der Waals surface area contributed by atoms with Crippen molar-refractivity contribution in [3.63, 3.8) is 0 Å². The molecule has 0 saturated carbocycles. The fourth-order valence-electron chi connectivity index (χ4n) is 2.06. The lowest BCUT2D eigenvalue weighted by molar-refractivity contribution is 0.0465. The van der Waals surface area contributed by atoms with Crippen LogP contribution in [-0.4, -0.2) is 50.3 Å². The molecule has 0 fully saturated rings. The molecule has 21 heavy (non-hydrogen) atoms. The molecule has 0 atom stereocenters. The van der Waals surface area contributed by atoms with Gasteiger partial charge in [0.25, 0.3) is 0 Å². The third-order valence-electron chi connectivity index (χ3n) is 3.31. The van der Waals surface area contributed by atoms with Crippen LogP contribution in [0.3, 0.4) is 0 Å². The Morgan fingerprint density at radius 3 is 2.52 bits per heavy atom. The predicted octanol–water partition coefficient (Wildman–Crippen LogP) is 2.38. The Labute approximate surface area is 131 Å². The third-order valence-corrected chi connectivity index (χ3v) is 3.31. The van der Waals surface area contributed by atoms with Gasteiger partial charge in [-0.25, -0.2) is 4.79 Å². The lowest BCUT2D eigenvalue weighted by atomic mass is 10.2. The van der Waals surface area contributed by atoms with Gasteiger partial charge in [0.15, 0.2) is 11.5 Å². The zero-order valence-corrected chi connectivity index (χ0v) is 13.3. The van der Waals surface area contributed by atoms with Crippen molar-refractivity contribution in [3.8, 4) is 11.5 Å². The Hall–Kier alpha value is -1.46. The van der Waals surface area contributed by atoms with E-state index in [9.17, 15) is 4.79 Å². The lowest BCUT2D eigenvalue weighted by Gasteiger charge is -2.19. The van der Waals surface area contributed by atoms with Crippen LogP contribution >= 0.6 is 12.4 Å². The monoisotopic (exact) mass is 315 g/mol. The van der Waals surface area contributed by atoms with E-state index in [1.54, 1.807) is 18.2 Å². The normalized spacial score (nSPS) is 12.7. The second kappa shape index (κ2) is 8.74. The zero-order valence-electron chi connectivity index (χ0n) is 12.5. The van der Waals surface area contributed by atoms with Gasteiger partial charge >= 0.3 is 5.97 Å². The summed E-state index contributed by atoms with van der Waals surface area (Å²) in [6.45, 7) is 8.29. The van der Waals surface area contributed by atoms with E-state index in [1.165, 1.54) is 0 Å². The van der Waals surface area contributed by atoms with E-state index in [2.05, 4.69) is 18.7 Å². The van der Waals surface area contributed by atoms with E-state index in [-0.39, 0.29) is 18.4 Å². The maximum atomic E-state index is 12.0. The SMILES string of the molecule is CCN(CC)CCOC(=O)c1ccc2c(c1)OCCO2.Cl. The largest absolute Gasteiger partial charge is 0.486 e. The van der Waals surface area contributed by atoms with Crippen molar-refractivity contribution in [1.29, 1.82) is 0 Å². The number of hydrogen-bond acceptors (Lipinski definition) is 5. The molecule has 1 aromatic carbocycles. The van der Waals surface area contributed by atoms with Crippen molar-refractivity contribution < 1.29 is 19.0 Å².